The Morgan fingerprint density at radius 1 is 1.52 bits per heavy atom. The van der Waals surface area contributed by atoms with Crippen molar-refractivity contribution in [2.45, 2.75) is 19.0 Å². The van der Waals surface area contributed by atoms with E-state index >= 15 is 0 Å². The summed E-state index contributed by atoms with van der Waals surface area (Å²) in [6.07, 6.45) is 1.20. The third-order valence-corrected chi connectivity index (χ3v) is 4.03. The van der Waals surface area contributed by atoms with Crippen LogP contribution in [-0.4, -0.2) is 61.2 Å². The number of amidine groups is 1. The van der Waals surface area contributed by atoms with Crippen molar-refractivity contribution < 1.29 is 9.94 Å². The number of hydrogen-bond donors (Lipinski definition) is 2. The second-order valence-corrected chi connectivity index (χ2v) is 5.66. The van der Waals surface area contributed by atoms with Gasteiger partial charge >= 0.3 is 0 Å². The van der Waals surface area contributed by atoms with Crippen LogP contribution in [0.3, 0.4) is 0 Å². The van der Waals surface area contributed by atoms with E-state index in [9.17, 15) is 0 Å². The SMILES string of the molecule is COc1cc(CN2CCC(N(C)C)C2)ccc1/C(N)=N/O. The Kier molecular flexibility index (Phi) is 5.03. The lowest BCUT2D eigenvalue weighted by atomic mass is 10.1. The van der Waals surface area contributed by atoms with Crippen LogP contribution >= 0.6 is 0 Å². The van der Waals surface area contributed by atoms with E-state index in [2.05, 4.69) is 29.1 Å². The Balaban J connectivity index is 2.08. The van der Waals surface area contributed by atoms with Gasteiger partial charge in [-0.1, -0.05) is 11.2 Å². The van der Waals surface area contributed by atoms with Crippen LogP contribution < -0.4 is 10.5 Å². The van der Waals surface area contributed by atoms with Crippen molar-refractivity contribution >= 4 is 5.84 Å². The summed E-state index contributed by atoms with van der Waals surface area (Å²) in [6.45, 7) is 3.07. The van der Waals surface area contributed by atoms with Crippen molar-refractivity contribution in [3.8, 4) is 5.75 Å². The minimum Gasteiger partial charge on any atom is -0.496 e. The Morgan fingerprint density at radius 2 is 2.29 bits per heavy atom. The molecule has 1 unspecified atom stereocenters. The highest BCUT2D eigenvalue weighted by molar-refractivity contribution is 5.99. The molecule has 21 heavy (non-hydrogen) atoms. The standard InChI is InChI=1S/C15H24N4O2/c1-18(2)12-6-7-19(10-12)9-11-4-5-13(15(16)17-20)14(8-11)21-3/h4-5,8,12,20H,6-7,9-10H2,1-3H3,(H2,16,17). The van der Waals surface area contributed by atoms with Crippen molar-refractivity contribution in [1.82, 2.24) is 9.80 Å². The van der Waals surface area contributed by atoms with E-state index in [0.717, 1.165) is 19.6 Å². The van der Waals surface area contributed by atoms with E-state index in [-0.39, 0.29) is 5.84 Å². The van der Waals surface area contributed by atoms with Gasteiger partial charge in [-0.2, -0.15) is 0 Å². The minimum atomic E-state index is 0.0623. The van der Waals surface area contributed by atoms with Crippen molar-refractivity contribution in [2.75, 3.05) is 34.3 Å². The molecule has 1 saturated heterocycles. The normalized spacial score (nSPS) is 20.2. The minimum absolute atomic E-state index is 0.0623. The van der Waals surface area contributed by atoms with Gasteiger partial charge in [-0.15, -0.1) is 0 Å². The molecule has 0 aliphatic carbocycles. The molecule has 1 aromatic rings. The molecule has 2 rings (SSSR count). The predicted molar refractivity (Wildman–Crippen MR) is 82.9 cm³/mol. The average Bonchev–Trinajstić information content (AvgIpc) is 2.95. The maximum Gasteiger partial charge on any atom is 0.173 e. The van der Waals surface area contributed by atoms with E-state index in [0.29, 0.717) is 17.4 Å². The second-order valence-electron chi connectivity index (χ2n) is 5.66. The van der Waals surface area contributed by atoms with E-state index in [1.807, 2.05) is 18.2 Å². The molecule has 0 amide bonds. The number of hydrogen-bond acceptors (Lipinski definition) is 5. The molecule has 1 atom stereocenters. The van der Waals surface area contributed by atoms with Crippen LogP contribution in [-0.2, 0) is 6.54 Å². The van der Waals surface area contributed by atoms with Crippen LogP contribution in [0.2, 0.25) is 0 Å². The Bertz CT molecular complexity index is 516. The number of methoxy groups -OCH3 is 1. The number of ether oxygens (including phenoxy) is 1. The Labute approximate surface area is 125 Å². The summed E-state index contributed by atoms with van der Waals surface area (Å²) in [5, 5.41) is 11.8. The van der Waals surface area contributed by atoms with Crippen LogP contribution in [0, 0.1) is 0 Å². The van der Waals surface area contributed by atoms with Gasteiger partial charge < -0.3 is 20.6 Å². The van der Waals surface area contributed by atoms with Crippen LogP contribution in [0.4, 0.5) is 0 Å². The maximum absolute atomic E-state index is 8.78. The Morgan fingerprint density at radius 3 is 2.86 bits per heavy atom. The summed E-state index contributed by atoms with van der Waals surface area (Å²) in [5.41, 5.74) is 7.41. The first-order valence-corrected chi connectivity index (χ1v) is 7.08. The van der Waals surface area contributed by atoms with Crippen LogP contribution in [0.1, 0.15) is 17.5 Å². The van der Waals surface area contributed by atoms with Crippen molar-refractivity contribution in [1.29, 1.82) is 0 Å². The molecule has 1 heterocycles. The fraction of sp³-hybridized carbons (Fsp3) is 0.533. The van der Waals surface area contributed by atoms with Gasteiger partial charge in [-0.3, -0.25) is 4.90 Å². The molecule has 0 saturated carbocycles. The molecule has 1 aliphatic rings. The molecule has 0 bridgehead atoms. The molecule has 6 heteroatoms. The summed E-state index contributed by atoms with van der Waals surface area (Å²) in [5.74, 6) is 0.693. The molecular weight excluding hydrogens is 268 g/mol. The molecule has 1 aliphatic heterocycles. The summed E-state index contributed by atoms with van der Waals surface area (Å²) >= 11 is 0. The summed E-state index contributed by atoms with van der Waals surface area (Å²) in [6, 6.07) is 6.42. The predicted octanol–water partition coefficient (Wildman–Crippen LogP) is 0.926. The number of nitrogens with zero attached hydrogens (tertiary/aromatic N) is 3. The van der Waals surface area contributed by atoms with Gasteiger partial charge in [0, 0.05) is 25.7 Å². The fourth-order valence-corrected chi connectivity index (χ4v) is 2.73. The van der Waals surface area contributed by atoms with Crippen LogP contribution in [0.15, 0.2) is 23.4 Å². The van der Waals surface area contributed by atoms with Gasteiger partial charge in [-0.25, -0.2) is 0 Å². The lowest BCUT2D eigenvalue weighted by Gasteiger charge is -2.20. The number of benzene rings is 1. The van der Waals surface area contributed by atoms with E-state index in [1.54, 1.807) is 7.11 Å². The highest BCUT2D eigenvalue weighted by Crippen LogP contribution is 2.23. The van der Waals surface area contributed by atoms with E-state index in [1.165, 1.54) is 12.0 Å². The topological polar surface area (TPSA) is 74.3 Å². The van der Waals surface area contributed by atoms with Crippen molar-refractivity contribution in [3.63, 3.8) is 0 Å². The summed E-state index contributed by atoms with van der Waals surface area (Å²) in [4.78, 5) is 4.71. The van der Waals surface area contributed by atoms with Gasteiger partial charge in [0.15, 0.2) is 5.84 Å². The average molecular weight is 292 g/mol. The quantitative estimate of drug-likeness (QED) is 0.365. The van der Waals surface area contributed by atoms with Gasteiger partial charge in [0.25, 0.3) is 0 Å². The molecular formula is C15H24N4O2. The molecule has 3 N–H and O–H groups in total. The zero-order chi connectivity index (χ0) is 15.4. The fourth-order valence-electron chi connectivity index (χ4n) is 2.73. The lowest BCUT2D eigenvalue weighted by Crippen LogP contribution is -2.31. The van der Waals surface area contributed by atoms with E-state index in [4.69, 9.17) is 15.7 Å². The van der Waals surface area contributed by atoms with Crippen molar-refractivity contribution in [2.24, 2.45) is 10.9 Å². The lowest BCUT2D eigenvalue weighted by molar-refractivity contribution is 0.264. The molecule has 0 aromatic heterocycles. The molecule has 1 fully saturated rings. The molecule has 0 radical (unpaired) electrons. The van der Waals surface area contributed by atoms with Crippen LogP contribution in [0.5, 0.6) is 5.75 Å². The van der Waals surface area contributed by atoms with Gasteiger partial charge in [0.05, 0.1) is 12.7 Å². The number of likely N-dealkylation sites (tertiary alicyclic amines) is 1. The van der Waals surface area contributed by atoms with Gasteiger partial charge in [0.1, 0.15) is 5.75 Å². The first-order valence-electron chi connectivity index (χ1n) is 7.08. The Hall–Kier alpha value is -1.79. The third-order valence-electron chi connectivity index (χ3n) is 4.03. The second kappa shape index (κ2) is 6.78. The molecule has 1 aromatic carbocycles. The number of nitrogens with two attached hydrogens (primary N) is 1. The zero-order valence-corrected chi connectivity index (χ0v) is 12.9. The monoisotopic (exact) mass is 292 g/mol. The number of oxime groups is 1. The molecule has 6 nitrogen and oxygen atoms in total. The molecule has 116 valence electrons. The number of likely N-dealkylation sites (N-methyl/N-ethyl adjacent to an activating group) is 1. The number of rotatable bonds is 5. The van der Waals surface area contributed by atoms with Crippen molar-refractivity contribution in [3.05, 3.63) is 29.3 Å². The smallest absolute Gasteiger partial charge is 0.173 e. The van der Waals surface area contributed by atoms with E-state index < -0.39 is 0 Å². The summed E-state index contributed by atoms with van der Waals surface area (Å²) in [7, 11) is 5.84. The van der Waals surface area contributed by atoms with Crippen LogP contribution in [0.25, 0.3) is 0 Å². The highest BCUT2D eigenvalue weighted by atomic mass is 16.5. The first-order chi connectivity index (χ1) is 10.0. The maximum atomic E-state index is 8.78. The highest BCUT2D eigenvalue weighted by Gasteiger charge is 2.24. The van der Waals surface area contributed by atoms with Gasteiger partial charge in [-0.05, 0) is 38.2 Å². The largest absolute Gasteiger partial charge is 0.496 e. The molecule has 0 spiro atoms. The third kappa shape index (κ3) is 3.65. The summed E-state index contributed by atoms with van der Waals surface area (Å²) < 4.78 is 5.33. The van der Waals surface area contributed by atoms with Gasteiger partial charge in [0.2, 0.25) is 0 Å². The first kappa shape index (κ1) is 15.6. The zero-order valence-electron chi connectivity index (χ0n) is 12.9.